The minimum Gasteiger partial charge on any atom is -0.496 e. The zero-order valence-corrected chi connectivity index (χ0v) is 11.5. The van der Waals surface area contributed by atoms with Crippen molar-refractivity contribution in [1.82, 2.24) is 0 Å². The zero-order valence-electron chi connectivity index (χ0n) is 11.5. The predicted molar refractivity (Wildman–Crippen MR) is 76.5 cm³/mol. The fourth-order valence-electron chi connectivity index (χ4n) is 2.52. The van der Waals surface area contributed by atoms with E-state index in [-0.39, 0.29) is 18.2 Å². The maximum Gasteiger partial charge on any atom is 0.339 e. The van der Waals surface area contributed by atoms with Gasteiger partial charge in [0.05, 0.1) is 24.7 Å². The fourth-order valence-corrected chi connectivity index (χ4v) is 2.52. The Morgan fingerprint density at radius 3 is 2.67 bits per heavy atom. The van der Waals surface area contributed by atoms with Gasteiger partial charge >= 0.3 is 5.97 Å². The molecule has 106 valence electrons. The number of carbonyl (C=O) groups excluding carboxylic acids is 2. The number of benzene rings is 2. The first-order valence-electron chi connectivity index (χ1n) is 6.67. The number of ether oxygens (including phenoxy) is 2. The van der Waals surface area contributed by atoms with E-state index >= 15 is 0 Å². The molecule has 21 heavy (non-hydrogen) atoms. The molecule has 0 fully saturated rings. The lowest BCUT2D eigenvalue weighted by molar-refractivity contribution is 0.0367. The van der Waals surface area contributed by atoms with Crippen molar-refractivity contribution < 1.29 is 19.1 Å². The Bertz CT molecular complexity index is 705. The summed E-state index contributed by atoms with van der Waals surface area (Å²) in [4.78, 5) is 24.2. The van der Waals surface area contributed by atoms with Crippen molar-refractivity contribution >= 4 is 11.8 Å². The highest BCUT2D eigenvalue weighted by atomic mass is 16.5. The van der Waals surface area contributed by atoms with Crippen LogP contribution in [-0.2, 0) is 4.74 Å². The third-order valence-electron chi connectivity index (χ3n) is 3.56. The van der Waals surface area contributed by atoms with Gasteiger partial charge in [-0.05, 0) is 18.2 Å². The van der Waals surface area contributed by atoms with Crippen LogP contribution in [0.15, 0.2) is 48.5 Å². The summed E-state index contributed by atoms with van der Waals surface area (Å²) in [5, 5.41) is 0. The van der Waals surface area contributed by atoms with Crippen molar-refractivity contribution in [3.05, 3.63) is 65.2 Å². The number of cyclic esters (lactones) is 1. The molecule has 2 aromatic rings. The van der Waals surface area contributed by atoms with Gasteiger partial charge in [-0.15, -0.1) is 0 Å². The number of esters is 1. The Kier molecular flexibility index (Phi) is 3.44. The molecule has 4 nitrogen and oxygen atoms in total. The van der Waals surface area contributed by atoms with Crippen LogP contribution in [0.5, 0.6) is 5.75 Å². The van der Waals surface area contributed by atoms with Crippen molar-refractivity contribution in [2.75, 3.05) is 7.11 Å². The van der Waals surface area contributed by atoms with Crippen molar-refractivity contribution in [2.45, 2.75) is 12.5 Å². The Hall–Kier alpha value is -2.62. The van der Waals surface area contributed by atoms with Gasteiger partial charge in [0.2, 0.25) is 0 Å². The number of Topliss-reactive ketones (excluding diaryl/α,β-unsaturated/α-hetero) is 1. The van der Waals surface area contributed by atoms with E-state index in [0.29, 0.717) is 16.9 Å². The van der Waals surface area contributed by atoms with E-state index in [1.54, 1.807) is 36.4 Å². The van der Waals surface area contributed by atoms with E-state index in [0.717, 1.165) is 5.56 Å². The van der Waals surface area contributed by atoms with E-state index in [1.807, 2.05) is 12.1 Å². The number of carbonyl (C=O) groups is 2. The van der Waals surface area contributed by atoms with Crippen LogP contribution in [0.25, 0.3) is 0 Å². The van der Waals surface area contributed by atoms with Gasteiger partial charge in [0.1, 0.15) is 11.9 Å². The number of rotatable bonds is 4. The molecule has 0 saturated carbocycles. The average Bonchev–Trinajstić information content (AvgIpc) is 2.84. The number of fused-ring (bicyclic) bond motifs is 1. The molecule has 1 unspecified atom stereocenters. The van der Waals surface area contributed by atoms with Crippen LogP contribution in [0.1, 0.15) is 38.8 Å². The van der Waals surface area contributed by atoms with Crippen molar-refractivity contribution in [1.29, 1.82) is 0 Å². The quantitative estimate of drug-likeness (QED) is 0.638. The summed E-state index contributed by atoms with van der Waals surface area (Å²) < 4.78 is 10.5. The van der Waals surface area contributed by atoms with Crippen LogP contribution >= 0.6 is 0 Å². The molecule has 0 N–H and O–H groups in total. The van der Waals surface area contributed by atoms with Gasteiger partial charge < -0.3 is 9.47 Å². The largest absolute Gasteiger partial charge is 0.496 e. The van der Waals surface area contributed by atoms with Crippen LogP contribution in [0.3, 0.4) is 0 Å². The molecule has 2 aromatic carbocycles. The van der Waals surface area contributed by atoms with Gasteiger partial charge in [0.25, 0.3) is 0 Å². The van der Waals surface area contributed by atoms with Crippen molar-refractivity contribution in [2.24, 2.45) is 0 Å². The van der Waals surface area contributed by atoms with E-state index < -0.39 is 6.10 Å². The van der Waals surface area contributed by atoms with Crippen LogP contribution in [-0.4, -0.2) is 18.9 Å². The Morgan fingerprint density at radius 2 is 1.86 bits per heavy atom. The first-order valence-corrected chi connectivity index (χ1v) is 6.67. The van der Waals surface area contributed by atoms with E-state index in [9.17, 15) is 9.59 Å². The van der Waals surface area contributed by atoms with Gasteiger partial charge in [0, 0.05) is 5.56 Å². The smallest absolute Gasteiger partial charge is 0.339 e. The molecule has 3 rings (SSSR count). The molecular weight excluding hydrogens is 268 g/mol. The highest BCUT2D eigenvalue weighted by molar-refractivity contribution is 6.00. The lowest BCUT2D eigenvalue weighted by Crippen LogP contribution is -2.09. The Labute approximate surface area is 122 Å². The third-order valence-corrected chi connectivity index (χ3v) is 3.56. The highest BCUT2D eigenvalue weighted by Gasteiger charge is 2.32. The monoisotopic (exact) mass is 282 g/mol. The maximum absolute atomic E-state index is 12.4. The molecule has 1 aliphatic rings. The van der Waals surface area contributed by atoms with Gasteiger partial charge in [-0.2, -0.15) is 0 Å². The molecule has 4 heteroatoms. The van der Waals surface area contributed by atoms with Gasteiger partial charge in [0.15, 0.2) is 5.78 Å². The molecular formula is C17H14O4. The molecule has 1 heterocycles. The summed E-state index contributed by atoms with van der Waals surface area (Å²) in [5.41, 5.74) is 1.81. The summed E-state index contributed by atoms with van der Waals surface area (Å²) in [6.45, 7) is 0. The number of methoxy groups -OCH3 is 1. The van der Waals surface area contributed by atoms with Crippen LogP contribution in [0.4, 0.5) is 0 Å². The lowest BCUT2D eigenvalue weighted by Gasteiger charge is -2.11. The van der Waals surface area contributed by atoms with Gasteiger partial charge in [-0.1, -0.05) is 30.3 Å². The molecule has 0 radical (unpaired) electrons. The summed E-state index contributed by atoms with van der Waals surface area (Å²) in [7, 11) is 1.52. The van der Waals surface area contributed by atoms with Gasteiger partial charge in [-0.25, -0.2) is 4.79 Å². The van der Waals surface area contributed by atoms with Crippen molar-refractivity contribution in [3.63, 3.8) is 0 Å². The molecule has 0 saturated heterocycles. The van der Waals surface area contributed by atoms with Crippen LogP contribution in [0, 0.1) is 0 Å². The van der Waals surface area contributed by atoms with Crippen molar-refractivity contribution in [3.8, 4) is 5.75 Å². The second-order valence-corrected chi connectivity index (χ2v) is 4.81. The highest BCUT2D eigenvalue weighted by Crippen LogP contribution is 2.34. The second-order valence-electron chi connectivity index (χ2n) is 4.81. The first kappa shape index (κ1) is 13.4. The average molecular weight is 282 g/mol. The van der Waals surface area contributed by atoms with Crippen LogP contribution in [0.2, 0.25) is 0 Å². The molecule has 0 aromatic heterocycles. The number of ketones is 1. The summed E-state index contributed by atoms with van der Waals surface area (Å²) in [6.07, 6.45) is -0.408. The minimum atomic E-state index is -0.522. The standard InChI is InChI=1S/C17H14O4/c1-20-15-9-5-4-8-13(15)14(18)10-16-11-6-2-3-7-12(11)17(19)21-16/h2-9,16H,10H2,1H3. The third kappa shape index (κ3) is 2.40. The van der Waals surface area contributed by atoms with Crippen LogP contribution < -0.4 is 4.74 Å². The summed E-state index contributed by atoms with van der Waals surface area (Å²) >= 11 is 0. The second kappa shape index (κ2) is 5.40. The summed E-state index contributed by atoms with van der Waals surface area (Å²) in [5.74, 6) is 0.0467. The SMILES string of the molecule is COc1ccccc1C(=O)CC1OC(=O)c2ccccc21. The summed E-state index contributed by atoms with van der Waals surface area (Å²) in [6, 6.07) is 14.2. The van der Waals surface area contributed by atoms with E-state index in [2.05, 4.69) is 0 Å². The Morgan fingerprint density at radius 1 is 1.14 bits per heavy atom. The topological polar surface area (TPSA) is 52.6 Å². The molecule has 0 bridgehead atoms. The molecule has 0 aliphatic carbocycles. The molecule has 0 spiro atoms. The maximum atomic E-state index is 12.4. The number of hydrogen-bond donors (Lipinski definition) is 0. The normalized spacial score (nSPS) is 16.2. The Balaban J connectivity index is 1.85. The molecule has 1 atom stereocenters. The zero-order chi connectivity index (χ0) is 14.8. The predicted octanol–water partition coefficient (Wildman–Crippen LogP) is 3.18. The molecule has 0 amide bonds. The first-order chi connectivity index (χ1) is 10.2. The van der Waals surface area contributed by atoms with E-state index in [1.165, 1.54) is 7.11 Å². The minimum absolute atomic E-state index is 0.109. The fraction of sp³-hybridized carbons (Fsp3) is 0.176. The number of hydrogen-bond acceptors (Lipinski definition) is 4. The number of para-hydroxylation sites is 1. The molecule has 1 aliphatic heterocycles. The van der Waals surface area contributed by atoms with Gasteiger partial charge in [-0.3, -0.25) is 4.79 Å². The van der Waals surface area contributed by atoms with E-state index in [4.69, 9.17) is 9.47 Å². The lowest BCUT2D eigenvalue weighted by atomic mass is 9.98.